The standard InChI is InChI=1S/C14H9FO3/c15-12-7-2-1-6-11(12)9-4-3-5-10(8-9)13(16)14(17)18/h1-8H,(H,17,18). The van der Waals surface area contributed by atoms with Crippen molar-refractivity contribution in [1.29, 1.82) is 0 Å². The van der Waals surface area contributed by atoms with E-state index in [1.54, 1.807) is 24.3 Å². The number of rotatable bonds is 3. The minimum absolute atomic E-state index is 0.0308. The second kappa shape index (κ2) is 4.79. The van der Waals surface area contributed by atoms with Crippen molar-refractivity contribution in [1.82, 2.24) is 0 Å². The van der Waals surface area contributed by atoms with Crippen molar-refractivity contribution >= 4 is 11.8 Å². The molecule has 0 aliphatic rings. The second-order valence-electron chi connectivity index (χ2n) is 3.69. The highest BCUT2D eigenvalue weighted by molar-refractivity contribution is 6.39. The maximum absolute atomic E-state index is 13.6. The van der Waals surface area contributed by atoms with E-state index < -0.39 is 17.6 Å². The molecule has 3 nitrogen and oxygen atoms in total. The molecule has 90 valence electrons. The smallest absolute Gasteiger partial charge is 0.377 e. The van der Waals surface area contributed by atoms with Crippen LogP contribution in [0.1, 0.15) is 10.4 Å². The summed E-state index contributed by atoms with van der Waals surface area (Å²) in [5.74, 6) is -2.95. The van der Waals surface area contributed by atoms with E-state index >= 15 is 0 Å². The minimum Gasteiger partial charge on any atom is -0.475 e. The maximum Gasteiger partial charge on any atom is 0.377 e. The quantitative estimate of drug-likeness (QED) is 0.667. The zero-order valence-corrected chi connectivity index (χ0v) is 9.26. The van der Waals surface area contributed by atoms with Gasteiger partial charge in [0, 0.05) is 11.1 Å². The van der Waals surface area contributed by atoms with Gasteiger partial charge in [0.15, 0.2) is 0 Å². The van der Waals surface area contributed by atoms with E-state index in [0.29, 0.717) is 11.1 Å². The Kier molecular flexibility index (Phi) is 3.19. The summed E-state index contributed by atoms with van der Waals surface area (Å²) in [5.41, 5.74) is 0.834. The molecule has 0 radical (unpaired) electrons. The number of carbonyl (C=O) groups is 2. The van der Waals surface area contributed by atoms with E-state index in [1.807, 2.05) is 0 Å². The minimum atomic E-state index is -1.53. The number of halogens is 1. The Balaban J connectivity index is 2.48. The first-order chi connectivity index (χ1) is 8.59. The molecule has 0 fully saturated rings. The highest BCUT2D eigenvalue weighted by Gasteiger charge is 2.15. The molecule has 0 saturated heterocycles. The lowest BCUT2D eigenvalue weighted by atomic mass is 10.0. The molecule has 0 saturated carbocycles. The summed E-state index contributed by atoms with van der Waals surface area (Å²) < 4.78 is 13.6. The summed E-state index contributed by atoms with van der Waals surface area (Å²) in [7, 11) is 0. The van der Waals surface area contributed by atoms with Gasteiger partial charge in [-0.3, -0.25) is 4.79 Å². The molecule has 2 aromatic carbocycles. The lowest BCUT2D eigenvalue weighted by Gasteiger charge is -2.04. The number of ketones is 1. The summed E-state index contributed by atoms with van der Waals surface area (Å²) in [6.45, 7) is 0. The van der Waals surface area contributed by atoms with Gasteiger partial charge in [0.05, 0.1) is 0 Å². The predicted octanol–water partition coefficient (Wildman–Crippen LogP) is 2.76. The zero-order chi connectivity index (χ0) is 13.1. The van der Waals surface area contributed by atoms with Gasteiger partial charge < -0.3 is 5.11 Å². The highest BCUT2D eigenvalue weighted by Crippen LogP contribution is 2.23. The zero-order valence-electron chi connectivity index (χ0n) is 9.26. The molecule has 0 spiro atoms. The summed E-state index contributed by atoms with van der Waals surface area (Å²) in [5, 5.41) is 8.63. The molecule has 0 aromatic heterocycles. The summed E-state index contributed by atoms with van der Waals surface area (Å²) in [4.78, 5) is 21.9. The topological polar surface area (TPSA) is 54.4 Å². The maximum atomic E-state index is 13.6. The molecule has 0 unspecified atom stereocenters. The van der Waals surface area contributed by atoms with Gasteiger partial charge >= 0.3 is 5.97 Å². The van der Waals surface area contributed by atoms with E-state index in [9.17, 15) is 14.0 Å². The summed E-state index contributed by atoms with van der Waals surface area (Å²) in [6.07, 6.45) is 0. The van der Waals surface area contributed by atoms with Crippen LogP contribution < -0.4 is 0 Å². The molecule has 0 aliphatic heterocycles. The summed E-state index contributed by atoms with van der Waals surface area (Å²) in [6, 6.07) is 12.0. The van der Waals surface area contributed by atoms with Crippen LogP contribution in [0.5, 0.6) is 0 Å². The molecule has 4 heteroatoms. The first-order valence-corrected chi connectivity index (χ1v) is 5.22. The molecule has 0 atom stereocenters. The molecule has 0 aliphatic carbocycles. The van der Waals surface area contributed by atoms with Crippen LogP contribution in [0.2, 0.25) is 0 Å². The van der Waals surface area contributed by atoms with Gasteiger partial charge in [-0.1, -0.05) is 36.4 Å². The Morgan fingerprint density at radius 2 is 1.72 bits per heavy atom. The lowest BCUT2D eigenvalue weighted by molar-refractivity contribution is -0.131. The molecule has 18 heavy (non-hydrogen) atoms. The third-order valence-corrected chi connectivity index (χ3v) is 2.50. The van der Waals surface area contributed by atoms with Crippen molar-refractivity contribution in [3.8, 4) is 11.1 Å². The van der Waals surface area contributed by atoms with E-state index in [-0.39, 0.29) is 5.56 Å². The number of carbonyl (C=O) groups excluding carboxylic acids is 1. The molecular formula is C14H9FO3. The van der Waals surface area contributed by atoms with Gasteiger partial charge in [-0.25, -0.2) is 9.18 Å². The van der Waals surface area contributed by atoms with Crippen LogP contribution in [0.15, 0.2) is 48.5 Å². The molecule has 0 amide bonds. The third kappa shape index (κ3) is 2.27. The molecular weight excluding hydrogens is 235 g/mol. The number of hydrogen-bond acceptors (Lipinski definition) is 2. The van der Waals surface area contributed by atoms with Gasteiger partial charge in [0.1, 0.15) is 5.82 Å². The predicted molar refractivity (Wildman–Crippen MR) is 63.8 cm³/mol. The fourth-order valence-electron chi connectivity index (χ4n) is 1.65. The Bertz CT molecular complexity index is 620. The van der Waals surface area contributed by atoms with E-state index in [2.05, 4.69) is 0 Å². The summed E-state index contributed by atoms with van der Waals surface area (Å²) >= 11 is 0. The number of benzene rings is 2. The first-order valence-electron chi connectivity index (χ1n) is 5.22. The average molecular weight is 244 g/mol. The molecule has 1 N–H and O–H groups in total. The normalized spacial score (nSPS) is 10.1. The van der Waals surface area contributed by atoms with Crippen LogP contribution in [0.3, 0.4) is 0 Å². The van der Waals surface area contributed by atoms with E-state index in [0.717, 1.165) is 0 Å². The molecule has 0 bridgehead atoms. The van der Waals surface area contributed by atoms with Crippen molar-refractivity contribution in [3.05, 3.63) is 59.9 Å². The number of carboxylic acid groups (broad SMARTS) is 1. The van der Waals surface area contributed by atoms with Gasteiger partial charge in [0.25, 0.3) is 5.78 Å². The van der Waals surface area contributed by atoms with Crippen molar-refractivity contribution in [3.63, 3.8) is 0 Å². The van der Waals surface area contributed by atoms with Gasteiger partial charge in [-0.05, 0) is 17.7 Å². The van der Waals surface area contributed by atoms with Crippen LogP contribution in [-0.2, 0) is 4.79 Å². The van der Waals surface area contributed by atoms with Crippen molar-refractivity contribution < 1.29 is 19.1 Å². The Hall–Kier alpha value is -2.49. The molecule has 2 rings (SSSR count). The van der Waals surface area contributed by atoms with Gasteiger partial charge in [-0.2, -0.15) is 0 Å². The Morgan fingerprint density at radius 3 is 2.39 bits per heavy atom. The fraction of sp³-hybridized carbons (Fsp3) is 0. The van der Waals surface area contributed by atoms with Gasteiger partial charge in [0.2, 0.25) is 0 Å². The second-order valence-corrected chi connectivity index (χ2v) is 3.69. The van der Waals surface area contributed by atoms with Crippen molar-refractivity contribution in [2.75, 3.05) is 0 Å². The SMILES string of the molecule is O=C(O)C(=O)c1cccc(-c2ccccc2F)c1. The van der Waals surface area contributed by atoms with E-state index in [4.69, 9.17) is 5.11 Å². The fourth-order valence-corrected chi connectivity index (χ4v) is 1.65. The Morgan fingerprint density at radius 1 is 1.00 bits per heavy atom. The highest BCUT2D eigenvalue weighted by atomic mass is 19.1. The van der Waals surface area contributed by atoms with Crippen LogP contribution in [0, 0.1) is 5.82 Å². The molecule has 2 aromatic rings. The number of hydrogen-bond donors (Lipinski definition) is 1. The van der Waals surface area contributed by atoms with Crippen LogP contribution in [0.4, 0.5) is 4.39 Å². The van der Waals surface area contributed by atoms with Crippen molar-refractivity contribution in [2.24, 2.45) is 0 Å². The van der Waals surface area contributed by atoms with Crippen LogP contribution >= 0.6 is 0 Å². The lowest BCUT2D eigenvalue weighted by Crippen LogP contribution is -2.12. The van der Waals surface area contributed by atoms with Crippen molar-refractivity contribution in [2.45, 2.75) is 0 Å². The largest absolute Gasteiger partial charge is 0.475 e. The number of Topliss-reactive ketones (excluding diaryl/α,β-unsaturated/α-hetero) is 1. The van der Waals surface area contributed by atoms with E-state index in [1.165, 1.54) is 24.3 Å². The number of aliphatic carboxylic acids is 1. The van der Waals surface area contributed by atoms with Crippen LogP contribution in [0.25, 0.3) is 11.1 Å². The third-order valence-electron chi connectivity index (χ3n) is 2.50. The Labute approximate surface area is 103 Å². The molecule has 0 heterocycles. The van der Waals surface area contributed by atoms with Crippen LogP contribution in [-0.4, -0.2) is 16.9 Å². The average Bonchev–Trinajstić information content (AvgIpc) is 2.38. The van der Waals surface area contributed by atoms with Gasteiger partial charge in [-0.15, -0.1) is 0 Å². The number of carboxylic acids is 1. The first kappa shape index (κ1) is 12.0. The monoisotopic (exact) mass is 244 g/mol.